The van der Waals surface area contributed by atoms with Crippen LogP contribution >= 0.6 is 34.7 Å². The molecule has 1 aromatic carbocycles. The second-order valence-electron chi connectivity index (χ2n) is 6.15. The van der Waals surface area contributed by atoms with Crippen LogP contribution in [0.4, 0.5) is 0 Å². The van der Waals surface area contributed by atoms with Crippen molar-refractivity contribution < 1.29 is 4.74 Å². The number of ether oxygens (including phenoxy) is 1. The number of thiazole rings is 1. The first-order chi connectivity index (χ1) is 14.2. The van der Waals surface area contributed by atoms with E-state index < -0.39 is 0 Å². The number of fused-ring (bicyclic) bond motifs is 1. The summed E-state index contributed by atoms with van der Waals surface area (Å²) in [6.07, 6.45) is 1.75. The highest BCUT2D eigenvalue weighted by atomic mass is 35.5. The van der Waals surface area contributed by atoms with E-state index in [2.05, 4.69) is 15.0 Å². The van der Waals surface area contributed by atoms with Crippen LogP contribution in [0.25, 0.3) is 21.6 Å². The molecular formula is C20H17ClN4O2S2. The minimum absolute atomic E-state index is 0.0985. The molecule has 6 nitrogen and oxygen atoms in total. The van der Waals surface area contributed by atoms with Crippen molar-refractivity contribution in [3.63, 3.8) is 0 Å². The van der Waals surface area contributed by atoms with Gasteiger partial charge in [-0.15, -0.1) is 11.3 Å². The van der Waals surface area contributed by atoms with E-state index >= 15 is 0 Å². The zero-order valence-corrected chi connectivity index (χ0v) is 17.9. The average Bonchev–Trinajstić information content (AvgIpc) is 3.21. The summed E-state index contributed by atoms with van der Waals surface area (Å²) < 4.78 is 6.82. The molecule has 0 saturated carbocycles. The number of aromatic nitrogens is 4. The van der Waals surface area contributed by atoms with Crippen LogP contribution in [0.5, 0.6) is 0 Å². The highest BCUT2D eigenvalue weighted by Crippen LogP contribution is 2.27. The van der Waals surface area contributed by atoms with E-state index in [1.165, 1.54) is 11.8 Å². The van der Waals surface area contributed by atoms with E-state index in [9.17, 15) is 4.79 Å². The molecule has 0 aliphatic rings. The maximum atomic E-state index is 13.0. The number of benzene rings is 1. The molecule has 148 valence electrons. The quantitative estimate of drug-likeness (QED) is 0.308. The van der Waals surface area contributed by atoms with E-state index in [0.29, 0.717) is 40.0 Å². The zero-order valence-electron chi connectivity index (χ0n) is 15.5. The number of hydrogen-bond acceptors (Lipinski definition) is 7. The Bertz CT molecular complexity index is 1190. The summed E-state index contributed by atoms with van der Waals surface area (Å²) in [7, 11) is 1.61. The maximum Gasteiger partial charge on any atom is 0.262 e. The molecule has 0 N–H and O–H groups in total. The summed E-state index contributed by atoms with van der Waals surface area (Å²) in [4.78, 5) is 26.6. The second-order valence-corrected chi connectivity index (χ2v) is 8.39. The zero-order chi connectivity index (χ0) is 20.2. The van der Waals surface area contributed by atoms with E-state index in [0.717, 1.165) is 16.4 Å². The number of hydrogen-bond donors (Lipinski definition) is 0. The van der Waals surface area contributed by atoms with E-state index in [1.807, 2.05) is 23.6 Å². The number of rotatable bonds is 7. The first-order valence-electron chi connectivity index (χ1n) is 8.83. The first-order valence-corrected chi connectivity index (χ1v) is 11.1. The number of halogens is 1. The van der Waals surface area contributed by atoms with Gasteiger partial charge in [0, 0.05) is 29.5 Å². The monoisotopic (exact) mass is 444 g/mol. The maximum absolute atomic E-state index is 13.0. The van der Waals surface area contributed by atoms with Gasteiger partial charge in [-0.2, -0.15) is 0 Å². The minimum Gasteiger partial charge on any atom is -0.383 e. The lowest BCUT2D eigenvalue weighted by Crippen LogP contribution is -2.25. The Hall–Kier alpha value is -2.26. The third-order valence-electron chi connectivity index (χ3n) is 4.19. The van der Waals surface area contributed by atoms with Crippen molar-refractivity contribution in [2.75, 3.05) is 13.7 Å². The summed E-state index contributed by atoms with van der Waals surface area (Å²) >= 11 is 9.11. The molecule has 4 rings (SSSR count). The fraction of sp³-hybridized carbons (Fsp3) is 0.200. The van der Waals surface area contributed by atoms with Crippen LogP contribution in [-0.4, -0.2) is 33.2 Å². The standard InChI is InChI=1S/C20H17ClN4O2S2/c1-27-9-8-25-19(26)15-6-5-13(21)10-17(15)24-20(25)29-12-14-11-28-18(23-14)16-4-2-3-7-22-16/h2-7,10-11H,8-9,12H2,1H3. The van der Waals surface area contributed by atoms with Crippen LogP contribution < -0.4 is 5.56 Å². The van der Waals surface area contributed by atoms with Crippen LogP contribution in [0, 0.1) is 0 Å². The van der Waals surface area contributed by atoms with Gasteiger partial charge in [-0.25, -0.2) is 9.97 Å². The Morgan fingerprint density at radius 2 is 2.14 bits per heavy atom. The molecule has 9 heteroatoms. The van der Waals surface area contributed by atoms with Gasteiger partial charge in [0.2, 0.25) is 0 Å². The summed E-state index contributed by atoms with van der Waals surface area (Å²) in [5, 5.41) is 4.59. The predicted molar refractivity (Wildman–Crippen MR) is 118 cm³/mol. The summed E-state index contributed by atoms with van der Waals surface area (Å²) in [5.74, 6) is 0.592. The van der Waals surface area contributed by atoms with Gasteiger partial charge in [0.15, 0.2) is 5.16 Å². The molecule has 0 radical (unpaired) electrons. The number of nitrogens with zero attached hydrogens (tertiary/aromatic N) is 4. The van der Waals surface area contributed by atoms with Crippen LogP contribution in [-0.2, 0) is 17.0 Å². The van der Waals surface area contributed by atoms with Crippen LogP contribution in [0.15, 0.2) is 57.9 Å². The lowest BCUT2D eigenvalue weighted by atomic mass is 10.2. The van der Waals surface area contributed by atoms with Crippen LogP contribution in [0.2, 0.25) is 5.02 Å². The second kappa shape index (κ2) is 9.04. The minimum atomic E-state index is -0.0985. The summed E-state index contributed by atoms with van der Waals surface area (Å²) in [6, 6.07) is 10.9. The van der Waals surface area contributed by atoms with Gasteiger partial charge in [0.1, 0.15) is 5.01 Å². The fourth-order valence-electron chi connectivity index (χ4n) is 2.78. The normalized spacial score (nSPS) is 11.2. The van der Waals surface area contributed by atoms with Crippen molar-refractivity contribution in [3.05, 3.63) is 69.0 Å². The molecule has 0 bridgehead atoms. The first kappa shape index (κ1) is 20.0. The molecule has 0 saturated heterocycles. The van der Waals surface area contributed by atoms with Gasteiger partial charge >= 0.3 is 0 Å². The van der Waals surface area contributed by atoms with Crippen molar-refractivity contribution >= 4 is 45.6 Å². The molecule has 0 spiro atoms. The molecule has 0 aliphatic heterocycles. The highest BCUT2D eigenvalue weighted by molar-refractivity contribution is 7.98. The third-order valence-corrected chi connectivity index (χ3v) is 6.34. The van der Waals surface area contributed by atoms with Crippen molar-refractivity contribution in [2.45, 2.75) is 17.5 Å². The van der Waals surface area contributed by atoms with Gasteiger partial charge in [-0.1, -0.05) is 29.4 Å². The van der Waals surface area contributed by atoms with Crippen molar-refractivity contribution in [1.82, 2.24) is 19.5 Å². The average molecular weight is 445 g/mol. The van der Waals surface area contributed by atoms with E-state index in [1.54, 1.807) is 47.4 Å². The number of methoxy groups -OCH3 is 1. The molecule has 4 aromatic rings. The van der Waals surface area contributed by atoms with Crippen molar-refractivity contribution in [1.29, 1.82) is 0 Å². The molecule has 3 aromatic heterocycles. The van der Waals surface area contributed by atoms with E-state index in [4.69, 9.17) is 16.3 Å². The lowest BCUT2D eigenvalue weighted by Gasteiger charge is -2.12. The Balaban J connectivity index is 1.63. The van der Waals surface area contributed by atoms with Crippen molar-refractivity contribution in [3.8, 4) is 10.7 Å². The Kier molecular flexibility index (Phi) is 6.25. The van der Waals surface area contributed by atoms with Gasteiger partial charge in [0.25, 0.3) is 5.56 Å². The molecule has 0 fully saturated rings. The molecular weight excluding hydrogens is 428 g/mol. The molecule has 0 unspecified atom stereocenters. The van der Waals surface area contributed by atoms with E-state index in [-0.39, 0.29) is 5.56 Å². The molecule has 0 amide bonds. The lowest BCUT2D eigenvalue weighted by molar-refractivity contribution is 0.183. The Morgan fingerprint density at radius 3 is 2.93 bits per heavy atom. The van der Waals surface area contributed by atoms with Gasteiger partial charge < -0.3 is 4.74 Å². The van der Waals surface area contributed by atoms with Crippen LogP contribution in [0.3, 0.4) is 0 Å². The molecule has 0 aliphatic carbocycles. The third kappa shape index (κ3) is 4.51. The topological polar surface area (TPSA) is 69.9 Å². The highest BCUT2D eigenvalue weighted by Gasteiger charge is 2.13. The van der Waals surface area contributed by atoms with Gasteiger partial charge in [-0.05, 0) is 30.3 Å². The fourth-order valence-corrected chi connectivity index (χ4v) is 4.77. The molecule has 0 atom stereocenters. The Labute approximate surface area is 180 Å². The molecule has 3 heterocycles. The SMILES string of the molecule is COCCn1c(SCc2csc(-c3ccccn3)n2)nc2cc(Cl)ccc2c1=O. The largest absolute Gasteiger partial charge is 0.383 e. The number of pyridine rings is 1. The molecule has 29 heavy (non-hydrogen) atoms. The summed E-state index contributed by atoms with van der Waals surface area (Å²) in [5.41, 5.74) is 2.26. The van der Waals surface area contributed by atoms with Crippen molar-refractivity contribution in [2.24, 2.45) is 0 Å². The van der Waals surface area contributed by atoms with Crippen LogP contribution in [0.1, 0.15) is 5.69 Å². The smallest absolute Gasteiger partial charge is 0.262 e. The van der Waals surface area contributed by atoms with Gasteiger partial charge in [0.05, 0.1) is 35.4 Å². The number of thioether (sulfide) groups is 1. The Morgan fingerprint density at radius 1 is 1.24 bits per heavy atom. The van der Waals surface area contributed by atoms with Gasteiger partial charge in [-0.3, -0.25) is 14.3 Å². The summed E-state index contributed by atoms with van der Waals surface area (Å²) in [6.45, 7) is 0.855. The predicted octanol–water partition coefficient (Wildman–Crippen LogP) is 4.51.